The van der Waals surface area contributed by atoms with Gasteiger partial charge in [-0.15, -0.1) is 0 Å². The number of carbonyl (C=O) groups is 4. The lowest BCUT2D eigenvalue weighted by atomic mass is 9.91. The maximum atomic E-state index is 12.9. The predicted molar refractivity (Wildman–Crippen MR) is 108 cm³/mol. The van der Waals surface area contributed by atoms with E-state index in [1.165, 1.54) is 6.92 Å². The second-order valence-electron chi connectivity index (χ2n) is 6.94. The zero-order valence-electron chi connectivity index (χ0n) is 16.4. The van der Waals surface area contributed by atoms with Crippen LogP contribution in [0.5, 0.6) is 0 Å². The normalized spacial score (nSPS) is 17.8. The molecule has 3 N–H and O–H groups in total. The third-order valence-corrected chi connectivity index (χ3v) is 4.66. The van der Waals surface area contributed by atoms with Crippen LogP contribution in [-0.2, 0) is 19.9 Å². The van der Waals surface area contributed by atoms with Crippen LogP contribution in [0.2, 0.25) is 0 Å². The molecule has 1 heterocycles. The van der Waals surface area contributed by atoms with Gasteiger partial charge in [-0.2, -0.15) is 5.26 Å². The molecule has 0 aliphatic carbocycles. The Balaban J connectivity index is 1.68. The van der Waals surface area contributed by atoms with Crippen LogP contribution >= 0.6 is 0 Å². The van der Waals surface area contributed by atoms with E-state index in [4.69, 9.17) is 5.26 Å². The number of urea groups is 1. The molecular formula is C21H19N5O4. The highest BCUT2D eigenvalue weighted by molar-refractivity contribution is 6.10. The first-order valence-corrected chi connectivity index (χ1v) is 9.05. The van der Waals surface area contributed by atoms with Gasteiger partial charge in [0, 0.05) is 18.3 Å². The number of nitriles is 1. The Morgan fingerprint density at radius 2 is 1.60 bits per heavy atom. The quantitative estimate of drug-likeness (QED) is 0.654. The van der Waals surface area contributed by atoms with Gasteiger partial charge in [0.1, 0.15) is 12.1 Å². The minimum absolute atomic E-state index is 0.212. The van der Waals surface area contributed by atoms with E-state index in [9.17, 15) is 19.2 Å². The van der Waals surface area contributed by atoms with Gasteiger partial charge in [0.2, 0.25) is 11.8 Å². The highest BCUT2D eigenvalue weighted by Crippen LogP contribution is 2.29. The molecule has 0 radical (unpaired) electrons. The van der Waals surface area contributed by atoms with Crippen molar-refractivity contribution in [3.05, 3.63) is 59.7 Å². The van der Waals surface area contributed by atoms with E-state index in [0.29, 0.717) is 22.5 Å². The van der Waals surface area contributed by atoms with Crippen molar-refractivity contribution in [2.45, 2.75) is 19.4 Å². The molecule has 2 aromatic rings. The van der Waals surface area contributed by atoms with Gasteiger partial charge in [0.15, 0.2) is 0 Å². The van der Waals surface area contributed by atoms with Gasteiger partial charge in [-0.1, -0.05) is 12.1 Å². The van der Waals surface area contributed by atoms with Gasteiger partial charge >= 0.3 is 6.03 Å². The standard InChI is InChI=1S/C21H19N5O4/c1-13(27)23-16-7-9-17(10-8-16)24-18(28)12-26-19(29)21(2,25-20(26)30)15-5-3-14(11-22)4-6-15/h3-10H,12H2,1-2H3,(H,23,27)(H,24,28)(H,25,30). The van der Waals surface area contributed by atoms with Gasteiger partial charge in [0.05, 0.1) is 11.6 Å². The van der Waals surface area contributed by atoms with Crippen molar-refractivity contribution >= 4 is 35.1 Å². The largest absolute Gasteiger partial charge is 0.326 e. The smallest absolute Gasteiger partial charge is 0.325 e. The molecule has 0 bridgehead atoms. The third kappa shape index (κ3) is 4.12. The fourth-order valence-corrected chi connectivity index (χ4v) is 3.10. The lowest BCUT2D eigenvalue weighted by Crippen LogP contribution is -2.42. The molecule has 1 aliphatic heterocycles. The first kappa shape index (κ1) is 20.5. The Labute approximate surface area is 172 Å². The van der Waals surface area contributed by atoms with Crippen molar-refractivity contribution in [1.82, 2.24) is 10.2 Å². The number of anilines is 2. The highest BCUT2D eigenvalue weighted by atomic mass is 16.2. The second-order valence-corrected chi connectivity index (χ2v) is 6.94. The number of carbonyl (C=O) groups excluding carboxylic acids is 4. The van der Waals surface area contributed by atoms with Crippen molar-refractivity contribution < 1.29 is 19.2 Å². The van der Waals surface area contributed by atoms with E-state index in [1.807, 2.05) is 6.07 Å². The molecule has 9 heteroatoms. The monoisotopic (exact) mass is 405 g/mol. The van der Waals surface area contributed by atoms with Crippen LogP contribution in [0.4, 0.5) is 16.2 Å². The molecule has 30 heavy (non-hydrogen) atoms. The van der Waals surface area contributed by atoms with Gasteiger partial charge in [-0.05, 0) is 48.9 Å². The summed E-state index contributed by atoms with van der Waals surface area (Å²) in [5.74, 6) is -1.32. The maximum Gasteiger partial charge on any atom is 0.325 e. The maximum absolute atomic E-state index is 12.9. The summed E-state index contributed by atoms with van der Waals surface area (Å²) in [7, 11) is 0. The summed E-state index contributed by atoms with van der Waals surface area (Å²) >= 11 is 0. The van der Waals surface area contributed by atoms with Crippen LogP contribution < -0.4 is 16.0 Å². The first-order valence-electron chi connectivity index (χ1n) is 9.05. The highest BCUT2D eigenvalue weighted by Gasteiger charge is 2.49. The summed E-state index contributed by atoms with van der Waals surface area (Å²) < 4.78 is 0. The molecule has 1 aliphatic rings. The molecule has 0 saturated carbocycles. The summed E-state index contributed by atoms with van der Waals surface area (Å²) in [6.45, 7) is 2.48. The fraction of sp³-hybridized carbons (Fsp3) is 0.190. The Morgan fingerprint density at radius 3 is 2.13 bits per heavy atom. The summed E-state index contributed by atoms with van der Waals surface area (Å²) in [6.07, 6.45) is 0. The molecular weight excluding hydrogens is 386 g/mol. The summed E-state index contributed by atoms with van der Waals surface area (Å²) in [4.78, 5) is 49.5. The molecule has 1 saturated heterocycles. The molecule has 1 unspecified atom stereocenters. The van der Waals surface area contributed by atoms with E-state index in [-0.39, 0.29) is 5.91 Å². The molecule has 152 valence electrons. The average Bonchev–Trinajstić information content (AvgIpc) is 2.93. The van der Waals surface area contributed by atoms with E-state index in [2.05, 4.69) is 16.0 Å². The van der Waals surface area contributed by atoms with Crippen LogP contribution in [0, 0.1) is 11.3 Å². The van der Waals surface area contributed by atoms with Gasteiger partial charge in [-0.25, -0.2) is 4.79 Å². The van der Waals surface area contributed by atoms with E-state index >= 15 is 0 Å². The number of imide groups is 1. The molecule has 1 fully saturated rings. The molecule has 2 aromatic carbocycles. The van der Waals surface area contributed by atoms with Gasteiger partial charge in [-0.3, -0.25) is 19.3 Å². The molecule has 9 nitrogen and oxygen atoms in total. The van der Waals surface area contributed by atoms with E-state index < -0.39 is 29.9 Å². The lowest BCUT2D eigenvalue weighted by molar-refractivity contribution is -0.133. The fourth-order valence-electron chi connectivity index (χ4n) is 3.10. The summed E-state index contributed by atoms with van der Waals surface area (Å²) in [5.41, 5.74) is 0.644. The zero-order chi connectivity index (χ0) is 21.9. The number of nitrogens with one attached hydrogen (secondary N) is 3. The molecule has 1 atom stereocenters. The minimum Gasteiger partial charge on any atom is -0.326 e. The van der Waals surface area contributed by atoms with Crippen LogP contribution in [0.3, 0.4) is 0 Å². The predicted octanol–water partition coefficient (Wildman–Crippen LogP) is 1.92. The van der Waals surface area contributed by atoms with Crippen molar-refractivity contribution in [2.75, 3.05) is 17.2 Å². The lowest BCUT2D eigenvalue weighted by Gasteiger charge is -2.22. The molecule has 0 spiro atoms. The van der Waals surface area contributed by atoms with Gasteiger partial charge < -0.3 is 16.0 Å². The average molecular weight is 405 g/mol. The zero-order valence-corrected chi connectivity index (χ0v) is 16.4. The van der Waals surface area contributed by atoms with Crippen molar-refractivity contribution in [2.24, 2.45) is 0 Å². The number of hydrogen-bond acceptors (Lipinski definition) is 5. The third-order valence-electron chi connectivity index (χ3n) is 4.66. The molecule has 5 amide bonds. The van der Waals surface area contributed by atoms with Crippen LogP contribution in [0.25, 0.3) is 0 Å². The van der Waals surface area contributed by atoms with Crippen LogP contribution in [-0.4, -0.2) is 35.2 Å². The summed E-state index contributed by atoms with van der Waals surface area (Å²) in [5, 5.41) is 16.7. The SMILES string of the molecule is CC(=O)Nc1ccc(NC(=O)CN2C(=O)NC(C)(c3ccc(C#N)cc3)C2=O)cc1. The van der Waals surface area contributed by atoms with Crippen molar-refractivity contribution in [3.8, 4) is 6.07 Å². The number of amides is 5. The van der Waals surface area contributed by atoms with E-state index in [1.54, 1.807) is 55.5 Å². The first-order chi connectivity index (χ1) is 14.2. The molecule has 0 aromatic heterocycles. The van der Waals surface area contributed by atoms with E-state index in [0.717, 1.165) is 4.90 Å². The van der Waals surface area contributed by atoms with Crippen LogP contribution in [0.15, 0.2) is 48.5 Å². The number of benzene rings is 2. The second kappa shape index (κ2) is 8.05. The Bertz CT molecular complexity index is 1060. The Kier molecular flexibility index (Phi) is 5.51. The van der Waals surface area contributed by atoms with Crippen molar-refractivity contribution in [1.29, 1.82) is 5.26 Å². The Morgan fingerprint density at radius 1 is 1.03 bits per heavy atom. The summed E-state index contributed by atoms with van der Waals surface area (Å²) in [6, 6.07) is 14.0. The van der Waals surface area contributed by atoms with Crippen LogP contribution in [0.1, 0.15) is 25.0 Å². The number of hydrogen-bond donors (Lipinski definition) is 3. The number of nitrogens with zero attached hydrogens (tertiary/aromatic N) is 2. The topological polar surface area (TPSA) is 131 Å². The number of rotatable bonds is 5. The van der Waals surface area contributed by atoms with Gasteiger partial charge in [0.25, 0.3) is 5.91 Å². The molecule has 3 rings (SSSR count). The Hall–Kier alpha value is -4.19. The minimum atomic E-state index is -1.33. The van der Waals surface area contributed by atoms with Crippen molar-refractivity contribution in [3.63, 3.8) is 0 Å².